The van der Waals surface area contributed by atoms with Crippen molar-refractivity contribution in [2.24, 2.45) is 0 Å². The van der Waals surface area contributed by atoms with Crippen LogP contribution in [0.2, 0.25) is 0 Å². The monoisotopic (exact) mass is 177 g/mol. The summed E-state index contributed by atoms with van der Waals surface area (Å²) in [6.45, 7) is 4.21. The third-order valence-corrected chi connectivity index (χ3v) is 2.12. The van der Waals surface area contributed by atoms with Gasteiger partial charge in [0.1, 0.15) is 11.6 Å². The molecule has 0 aromatic carbocycles. The van der Waals surface area contributed by atoms with Gasteiger partial charge in [0.15, 0.2) is 0 Å². The smallest absolute Gasteiger partial charge is 0.133 e. The molecule has 0 aliphatic heterocycles. The summed E-state index contributed by atoms with van der Waals surface area (Å²) in [6, 6.07) is 2.60. The fraction of sp³-hybridized carbons (Fsp3) is 0.600. The molecule has 0 atom stereocenters. The molecule has 1 aliphatic carbocycles. The summed E-state index contributed by atoms with van der Waals surface area (Å²) in [7, 11) is 0. The van der Waals surface area contributed by atoms with Crippen molar-refractivity contribution in [3.63, 3.8) is 0 Å². The lowest BCUT2D eigenvalue weighted by molar-refractivity contribution is 0.774. The summed E-state index contributed by atoms with van der Waals surface area (Å²) in [5, 5.41) is 3.36. The van der Waals surface area contributed by atoms with E-state index in [-0.39, 0.29) is 0 Å². The van der Waals surface area contributed by atoms with Crippen LogP contribution in [0.5, 0.6) is 0 Å². The maximum Gasteiger partial charge on any atom is 0.133 e. The van der Waals surface area contributed by atoms with Crippen molar-refractivity contribution >= 4 is 5.82 Å². The SMILES string of the molecule is CC(C)c1nccc(NC2CC2)n1. The van der Waals surface area contributed by atoms with Gasteiger partial charge in [-0.15, -0.1) is 0 Å². The molecule has 1 heterocycles. The number of hydrogen-bond acceptors (Lipinski definition) is 3. The minimum absolute atomic E-state index is 0.404. The average molecular weight is 177 g/mol. The lowest BCUT2D eigenvalue weighted by Crippen LogP contribution is -2.06. The zero-order chi connectivity index (χ0) is 9.26. The fourth-order valence-corrected chi connectivity index (χ4v) is 1.17. The third kappa shape index (κ3) is 2.17. The minimum Gasteiger partial charge on any atom is -0.367 e. The second kappa shape index (κ2) is 3.32. The molecule has 13 heavy (non-hydrogen) atoms. The van der Waals surface area contributed by atoms with Crippen LogP contribution in [0.4, 0.5) is 5.82 Å². The zero-order valence-electron chi connectivity index (χ0n) is 8.12. The van der Waals surface area contributed by atoms with E-state index in [2.05, 4.69) is 29.1 Å². The standard InChI is InChI=1S/C10H15N3/c1-7(2)10-11-6-5-9(13-10)12-8-3-4-8/h5-8H,3-4H2,1-2H3,(H,11,12,13). The predicted octanol–water partition coefficient (Wildman–Crippen LogP) is 2.17. The van der Waals surface area contributed by atoms with Crippen LogP contribution >= 0.6 is 0 Å². The summed E-state index contributed by atoms with van der Waals surface area (Å²) in [6.07, 6.45) is 4.38. The van der Waals surface area contributed by atoms with Gasteiger partial charge in [-0.25, -0.2) is 9.97 Å². The highest BCUT2D eigenvalue weighted by molar-refractivity contribution is 5.36. The molecule has 0 bridgehead atoms. The minimum atomic E-state index is 0.404. The lowest BCUT2D eigenvalue weighted by atomic mass is 10.2. The van der Waals surface area contributed by atoms with E-state index in [1.54, 1.807) is 0 Å². The van der Waals surface area contributed by atoms with Gasteiger partial charge in [-0.2, -0.15) is 0 Å². The Morgan fingerprint density at radius 1 is 1.46 bits per heavy atom. The maximum absolute atomic E-state index is 4.43. The van der Waals surface area contributed by atoms with Crippen molar-refractivity contribution in [2.75, 3.05) is 5.32 Å². The first-order chi connectivity index (χ1) is 6.25. The van der Waals surface area contributed by atoms with Crippen molar-refractivity contribution < 1.29 is 0 Å². The van der Waals surface area contributed by atoms with Gasteiger partial charge >= 0.3 is 0 Å². The van der Waals surface area contributed by atoms with E-state index in [0.717, 1.165) is 11.6 Å². The van der Waals surface area contributed by atoms with Gasteiger partial charge in [0.25, 0.3) is 0 Å². The van der Waals surface area contributed by atoms with E-state index < -0.39 is 0 Å². The van der Waals surface area contributed by atoms with Crippen LogP contribution in [0.3, 0.4) is 0 Å². The summed E-state index contributed by atoms with van der Waals surface area (Å²) in [4.78, 5) is 8.65. The Balaban J connectivity index is 2.11. The molecule has 3 heteroatoms. The highest BCUT2D eigenvalue weighted by atomic mass is 15.1. The molecule has 1 saturated carbocycles. The zero-order valence-corrected chi connectivity index (χ0v) is 8.12. The largest absolute Gasteiger partial charge is 0.367 e. The van der Waals surface area contributed by atoms with Crippen LogP contribution in [0.15, 0.2) is 12.3 Å². The highest BCUT2D eigenvalue weighted by Gasteiger charge is 2.21. The topological polar surface area (TPSA) is 37.8 Å². The Morgan fingerprint density at radius 3 is 2.85 bits per heavy atom. The van der Waals surface area contributed by atoms with Gasteiger partial charge in [0.05, 0.1) is 0 Å². The van der Waals surface area contributed by atoms with Crippen molar-refractivity contribution in [1.82, 2.24) is 9.97 Å². The average Bonchev–Trinajstić information content (AvgIpc) is 2.89. The Morgan fingerprint density at radius 2 is 2.23 bits per heavy atom. The molecular weight excluding hydrogens is 162 g/mol. The summed E-state index contributed by atoms with van der Waals surface area (Å²) >= 11 is 0. The molecule has 1 aromatic heterocycles. The fourth-order valence-electron chi connectivity index (χ4n) is 1.17. The lowest BCUT2D eigenvalue weighted by Gasteiger charge is -2.06. The molecule has 0 unspecified atom stereocenters. The second-order valence-electron chi connectivity index (χ2n) is 3.87. The van der Waals surface area contributed by atoms with Crippen molar-refractivity contribution in [3.8, 4) is 0 Å². The van der Waals surface area contributed by atoms with Gasteiger partial charge in [0, 0.05) is 18.2 Å². The molecule has 0 amide bonds. The number of anilines is 1. The Bertz CT molecular complexity index is 292. The van der Waals surface area contributed by atoms with Crippen LogP contribution in [0, 0.1) is 0 Å². The van der Waals surface area contributed by atoms with Crippen molar-refractivity contribution in [2.45, 2.75) is 38.6 Å². The van der Waals surface area contributed by atoms with E-state index in [4.69, 9.17) is 0 Å². The maximum atomic E-state index is 4.43. The van der Waals surface area contributed by atoms with Crippen LogP contribution in [-0.2, 0) is 0 Å². The number of rotatable bonds is 3. The molecule has 0 spiro atoms. The highest BCUT2D eigenvalue weighted by Crippen LogP contribution is 2.23. The van der Waals surface area contributed by atoms with Gasteiger partial charge in [-0.1, -0.05) is 13.8 Å². The van der Waals surface area contributed by atoms with E-state index >= 15 is 0 Å². The van der Waals surface area contributed by atoms with Crippen LogP contribution in [0.25, 0.3) is 0 Å². The van der Waals surface area contributed by atoms with Gasteiger partial charge < -0.3 is 5.32 Å². The molecular formula is C10H15N3. The Kier molecular flexibility index (Phi) is 2.17. The molecule has 0 saturated heterocycles. The second-order valence-corrected chi connectivity index (χ2v) is 3.87. The van der Waals surface area contributed by atoms with Crippen LogP contribution in [0.1, 0.15) is 38.4 Å². The normalized spacial score (nSPS) is 16.2. The Hall–Kier alpha value is -1.12. The van der Waals surface area contributed by atoms with Gasteiger partial charge in [-0.05, 0) is 18.9 Å². The molecule has 1 N–H and O–H groups in total. The first-order valence-electron chi connectivity index (χ1n) is 4.85. The number of nitrogens with one attached hydrogen (secondary N) is 1. The van der Waals surface area contributed by atoms with E-state index in [1.165, 1.54) is 12.8 Å². The van der Waals surface area contributed by atoms with E-state index in [1.807, 2.05) is 12.3 Å². The van der Waals surface area contributed by atoms with Crippen molar-refractivity contribution in [1.29, 1.82) is 0 Å². The molecule has 0 radical (unpaired) electrons. The van der Waals surface area contributed by atoms with Crippen LogP contribution in [-0.4, -0.2) is 16.0 Å². The molecule has 70 valence electrons. The predicted molar refractivity (Wildman–Crippen MR) is 52.8 cm³/mol. The molecule has 1 aromatic rings. The van der Waals surface area contributed by atoms with E-state index in [9.17, 15) is 0 Å². The first kappa shape index (κ1) is 8.48. The van der Waals surface area contributed by atoms with Gasteiger partial charge in [-0.3, -0.25) is 0 Å². The molecule has 1 fully saturated rings. The Labute approximate surface area is 78.6 Å². The summed E-state index contributed by atoms with van der Waals surface area (Å²) < 4.78 is 0. The summed E-state index contributed by atoms with van der Waals surface area (Å²) in [5.41, 5.74) is 0. The third-order valence-electron chi connectivity index (χ3n) is 2.12. The number of nitrogens with zero attached hydrogens (tertiary/aromatic N) is 2. The van der Waals surface area contributed by atoms with E-state index in [0.29, 0.717) is 12.0 Å². The van der Waals surface area contributed by atoms with Crippen LogP contribution < -0.4 is 5.32 Å². The van der Waals surface area contributed by atoms with Crippen molar-refractivity contribution in [3.05, 3.63) is 18.1 Å². The number of hydrogen-bond donors (Lipinski definition) is 1. The summed E-state index contributed by atoms with van der Waals surface area (Å²) in [5.74, 6) is 2.30. The molecule has 3 nitrogen and oxygen atoms in total. The molecule has 1 aliphatic rings. The van der Waals surface area contributed by atoms with Gasteiger partial charge in [0.2, 0.25) is 0 Å². The quantitative estimate of drug-likeness (QED) is 0.769. The number of aromatic nitrogens is 2. The first-order valence-corrected chi connectivity index (χ1v) is 4.85. The molecule has 2 rings (SSSR count).